The fourth-order valence-electron chi connectivity index (χ4n) is 4.75. The Morgan fingerprint density at radius 1 is 1.17 bits per heavy atom. The molecule has 3 atom stereocenters. The Kier molecular flexibility index (Phi) is 6.75. The number of nitrogens with zero attached hydrogens (tertiary/aromatic N) is 2. The molecule has 0 radical (unpaired) electrons. The van der Waals surface area contributed by atoms with Gasteiger partial charge in [-0.2, -0.15) is 0 Å². The lowest BCUT2D eigenvalue weighted by Gasteiger charge is -2.51. The topological polar surface area (TPSA) is 23.6 Å². The number of piperidine rings is 1. The van der Waals surface area contributed by atoms with Gasteiger partial charge in [0, 0.05) is 24.7 Å². The zero-order valence-corrected chi connectivity index (χ0v) is 17.0. The van der Waals surface area contributed by atoms with Gasteiger partial charge in [-0.15, -0.1) is 0 Å². The largest absolute Gasteiger partial charge is 0.339 e. The van der Waals surface area contributed by atoms with E-state index in [0.29, 0.717) is 11.9 Å². The van der Waals surface area contributed by atoms with Crippen LogP contribution in [-0.4, -0.2) is 46.4 Å². The fourth-order valence-corrected chi connectivity index (χ4v) is 4.75. The van der Waals surface area contributed by atoms with Crippen molar-refractivity contribution in [2.45, 2.75) is 104 Å². The maximum Gasteiger partial charge on any atom is 0.240 e. The molecule has 0 bridgehead atoms. The highest BCUT2D eigenvalue weighted by Gasteiger charge is 2.44. The molecule has 1 amide bonds. The minimum Gasteiger partial charge on any atom is -0.339 e. The lowest BCUT2D eigenvalue weighted by atomic mass is 9.71. The maximum absolute atomic E-state index is 13.5. The summed E-state index contributed by atoms with van der Waals surface area (Å²) in [4.78, 5) is 18.1. The van der Waals surface area contributed by atoms with Gasteiger partial charge < -0.3 is 4.90 Å². The van der Waals surface area contributed by atoms with Gasteiger partial charge in [0.25, 0.3) is 0 Å². The molecule has 0 spiro atoms. The van der Waals surface area contributed by atoms with Gasteiger partial charge in [0.05, 0.1) is 6.04 Å². The average Bonchev–Trinajstić information content (AvgIpc) is 2.52. The highest BCUT2D eigenvalue weighted by molar-refractivity contribution is 5.82. The fraction of sp³-hybridized carbons (Fsp3) is 0.952. The van der Waals surface area contributed by atoms with Crippen molar-refractivity contribution in [3.05, 3.63) is 0 Å². The van der Waals surface area contributed by atoms with Gasteiger partial charge in [-0.25, -0.2) is 0 Å². The number of carbonyl (C=O) groups excluding carboxylic acids is 1. The molecule has 2 aliphatic rings. The number of unbranched alkanes of at least 4 members (excludes halogenated alkanes) is 1. The first-order valence-electron chi connectivity index (χ1n) is 10.3. The molecule has 3 heteroatoms. The van der Waals surface area contributed by atoms with Gasteiger partial charge in [-0.05, 0) is 65.7 Å². The second-order valence-corrected chi connectivity index (χ2v) is 9.36. The quantitative estimate of drug-likeness (QED) is 0.726. The molecule has 1 aliphatic carbocycles. The summed E-state index contributed by atoms with van der Waals surface area (Å²) in [7, 11) is 0. The Morgan fingerprint density at radius 2 is 1.79 bits per heavy atom. The van der Waals surface area contributed by atoms with E-state index >= 15 is 0 Å². The van der Waals surface area contributed by atoms with Crippen molar-refractivity contribution >= 4 is 5.91 Å². The van der Waals surface area contributed by atoms with Crippen LogP contribution in [0, 0.1) is 11.8 Å². The van der Waals surface area contributed by atoms with Crippen LogP contribution in [0.15, 0.2) is 0 Å². The Bertz CT molecular complexity index is 413. The predicted octanol–water partition coefficient (Wildman–Crippen LogP) is 4.70. The van der Waals surface area contributed by atoms with Crippen molar-refractivity contribution in [3.63, 3.8) is 0 Å². The van der Waals surface area contributed by atoms with Crippen LogP contribution in [0.2, 0.25) is 0 Å². The first kappa shape index (κ1) is 19.8. The summed E-state index contributed by atoms with van der Waals surface area (Å²) in [5.41, 5.74) is 0.0656. The van der Waals surface area contributed by atoms with Crippen LogP contribution in [0.5, 0.6) is 0 Å². The van der Waals surface area contributed by atoms with E-state index in [2.05, 4.69) is 51.3 Å². The minimum absolute atomic E-state index is 0.0656. The van der Waals surface area contributed by atoms with Crippen molar-refractivity contribution in [1.29, 1.82) is 0 Å². The minimum atomic E-state index is 0.0656. The molecule has 0 N–H and O–H groups in total. The Morgan fingerprint density at radius 3 is 2.33 bits per heavy atom. The second kappa shape index (κ2) is 8.21. The summed E-state index contributed by atoms with van der Waals surface area (Å²) in [6, 6.07) is 0.388. The van der Waals surface area contributed by atoms with E-state index in [4.69, 9.17) is 0 Å². The van der Waals surface area contributed by atoms with E-state index in [0.717, 1.165) is 44.2 Å². The smallest absolute Gasteiger partial charge is 0.240 e. The third kappa shape index (κ3) is 4.53. The van der Waals surface area contributed by atoms with Crippen molar-refractivity contribution in [2.75, 3.05) is 13.1 Å². The molecule has 0 aromatic carbocycles. The number of hydrogen-bond acceptors (Lipinski definition) is 2. The summed E-state index contributed by atoms with van der Waals surface area (Å²) in [6.45, 7) is 15.4. The summed E-state index contributed by atoms with van der Waals surface area (Å²) >= 11 is 0. The van der Waals surface area contributed by atoms with Gasteiger partial charge in [0.15, 0.2) is 0 Å². The number of hydrogen-bond donors (Lipinski definition) is 0. The molecule has 1 saturated heterocycles. The Balaban J connectivity index is 2.20. The van der Waals surface area contributed by atoms with Crippen LogP contribution < -0.4 is 0 Å². The molecule has 24 heavy (non-hydrogen) atoms. The van der Waals surface area contributed by atoms with Crippen LogP contribution in [0.1, 0.15) is 86.5 Å². The van der Waals surface area contributed by atoms with Crippen LogP contribution in [0.4, 0.5) is 0 Å². The molecular weight excluding hydrogens is 296 g/mol. The summed E-state index contributed by atoms with van der Waals surface area (Å²) in [6.07, 6.45) is 8.78. The predicted molar refractivity (Wildman–Crippen MR) is 102 cm³/mol. The highest BCUT2D eigenvalue weighted by Crippen LogP contribution is 2.41. The molecule has 0 aromatic rings. The van der Waals surface area contributed by atoms with E-state index in [-0.39, 0.29) is 11.6 Å². The maximum atomic E-state index is 13.5. The lowest BCUT2D eigenvalue weighted by Crippen LogP contribution is -2.61. The molecule has 2 fully saturated rings. The second-order valence-electron chi connectivity index (χ2n) is 9.36. The monoisotopic (exact) mass is 336 g/mol. The Hall–Kier alpha value is -0.570. The Labute approximate surface area is 150 Å². The molecule has 3 unspecified atom stereocenters. The first-order valence-corrected chi connectivity index (χ1v) is 10.3. The summed E-state index contributed by atoms with van der Waals surface area (Å²) < 4.78 is 0. The van der Waals surface area contributed by atoms with Gasteiger partial charge in [0.2, 0.25) is 5.91 Å². The van der Waals surface area contributed by atoms with Gasteiger partial charge in [-0.1, -0.05) is 32.6 Å². The molecule has 3 nitrogen and oxygen atoms in total. The number of fused-ring (bicyclic) bond motifs is 1. The van der Waals surface area contributed by atoms with Crippen molar-refractivity contribution in [2.24, 2.45) is 11.8 Å². The van der Waals surface area contributed by atoms with Crippen LogP contribution in [0.3, 0.4) is 0 Å². The SMILES string of the molecule is CCCCN(C(=O)C1CC2CCCCC2CN1C(C)(C)C)C(C)C. The van der Waals surface area contributed by atoms with E-state index in [1.165, 1.54) is 25.7 Å². The number of likely N-dealkylation sites (tertiary alicyclic amines) is 1. The molecule has 1 heterocycles. The number of carbonyl (C=O) groups is 1. The van der Waals surface area contributed by atoms with Crippen molar-refractivity contribution in [1.82, 2.24) is 9.80 Å². The van der Waals surface area contributed by atoms with Crippen LogP contribution in [-0.2, 0) is 4.79 Å². The summed E-state index contributed by atoms with van der Waals surface area (Å²) in [5.74, 6) is 1.97. The van der Waals surface area contributed by atoms with E-state index in [1.54, 1.807) is 0 Å². The zero-order valence-electron chi connectivity index (χ0n) is 17.0. The normalized spacial score (nSPS) is 28.7. The van der Waals surface area contributed by atoms with Crippen molar-refractivity contribution < 1.29 is 4.79 Å². The van der Waals surface area contributed by atoms with E-state index < -0.39 is 0 Å². The summed E-state index contributed by atoms with van der Waals surface area (Å²) in [5, 5.41) is 0. The molecule has 140 valence electrons. The third-order valence-electron chi connectivity index (χ3n) is 6.21. The molecular formula is C21H40N2O. The van der Waals surface area contributed by atoms with E-state index in [9.17, 15) is 4.79 Å². The zero-order chi connectivity index (χ0) is 17.9. The third-order valence-corrected chi connectivity index (χ3v) is 6.21. The molecule has 1 aliphatic heterocycles. The van der Waals surface area contributed by atoms with Crippen molar-refractivity contribution in [3.8, 4) is 0 Å². The number of rotatable bonds is 5. The number of amides is 1. The molecule has 1 saturated carbocycles. The van der Waals surface area contributed by atoms with E-state index in [1.807, 2.05) is 0 Å². The standard InChI is InChI=1S/C21H40N2O/c1-7-8-13-22(16(2)3)20(24)19-14-17-11-9-10-12-18(17)15-23(19)21(4,5)6/h16-19H,7-15H2,1-6H3. The molecule has 0 aromatic heterocycles. The van der Waals surface area contributed by atoms with Crippen LogP contribution >= 0.6 is 0 Å². The lowest BCUT2D eigenvalue weighted by molar-refractivity contribution is -0.146. The molecule has 2 rings (SSSR count). The first-order chi connectivity index (χ1) is 11.3. The highest BCUT2D eigenvalue weighted by atomic mass is 16.2. The average molecular weight is 337 g/mol. The van der Waals surface area contributed by atoms with Gasteiger partial charge in [0.1, 0.15) is 0 Å². The van der Waals surface area contributed by atoms with Gasteiger partial charge >= 0.3 is 0 Å². The van der Waals surface area contributed by atoms with Gasteiger partial charge in [-0.3, -0.25) is 9.69 Å². The van der Waals surface area contributed by atoms with Crippen LogP contribution in [0.25, 0.3) is 0 Å².